The summed E-state index contributed by atoms with van der Waals surface area (Å²) in [5.41, 5.74) is 0.471. The van der Waals surface area contributed by atoms with Crippen LogP contribution in [0.1, 0.15) is 26.7 Å². The number of carbonyl (C=O) groups excluding carboxylic acids is 2. The Kier molecular flexibility index (Phi) is 1.54. The van der Waals surface area contributed by atoms with E-state index in [1.165, 1.54) is 25.0 Å². The van der Waals surface area contributed by atoms with E-state index in [1.54, 1.807) is 4.90 Å². The SMILES string of the molecule is CC(C)C12CC3CC1C2C3N1C(=O)C=CC1=O. The second-order valence-corrected chi connectivity index (χ2v) is 6.47. The third kappa shape index (κ3) is 0.883. The molecule has 5 rings (SSSR count). The summed E-state index contributed by atoms with van der Waals surface area (Å²) in [5.74, 6) is 2.50. The molecule has 4 fully saturated rings. The van der Waals surface area contributed by atoms with Crippen molar-refractivity contribution in [1.82, 2.24) is 4.90 Å². The van der Waals surface area contributed by atoms with Gasteiger partial charge in [0.05, 0.1) is 0 Å². The van der Waals surface area contributed by atoms with Crippen LogP contribution < -0.4 is 0 Å². The van der Waals surface area contributed by atoms with E-state index in [-0.39, 0.29) is 17.9 Å². The Hall–Kier alpha value is -1.12. The van der Waals surface area contributed by atoms with Crippen LogP contribution >= 0.6 is 0 Å². The first kappa shape index (κ1) is 9.86. The highest BCUT2D eigenvalue weighted by atomic mass is 16.2. The number of carbonyl (C=O) groups is 2. The average molecular weight is 231 g/mol. The first-order valence-electron chi connectivity index (χ1n) is 6.62. The molecule has 1 heterocycles. The zero-order chi connectivity index (χ0) is 11.9. The molecule has 0 aromatic carbocycles. The summed E-state index contributed by atoms with van der Waals surface area (Å²) in [4.78, 5) is 25.1. The Morgan fingerprint density at radius 2 is 1.94 bits per heavy atom. The van der Waals surface area contributed by atoms with Gasteiger partial charge in [0.2, 0.25) is 0 Å². The summed E-state index contributed by atoms with van der Waals surface area (Å²) >= 11 is 0. The van der Waals surface area contributed by atoms with E-state index in [1.807, 2.05) is 0 Å². The van der Waals surface area contributed by atoms with E-state index in [0.717, 1.165) is 5.92 Å². The van der Waals surface area contributed by atoms with Gasteiger partial charge in [-0.3, -0.25) is 14.5 Å². The second-order valence-electron chi connectivity index (χ2n) is 6.47. The largest absolute Gasteiger partial charge is 0.272 e. The first-order valence-corrected chi connectivity index (χ1v) is 6.62. The first-order chi connectivity index (χ1) is 8.07. The average Bonchev–Trinajstić information content (AvgIpc) is 2.75. The van der Waals surface area contributed by atoms with Crippen LogP contribution in [0.4, 0.5) is 0 Å². The highest BCUT2D eigenvalue weighted by Crippen LogP contribution is 2.82. The lowest BCUT2D eigenvalue weighted by Crippen LogP contribution is -2.42. The molecular formula is C14H17NO2. The normalized spacial score (nSPS) is 49.9. The quantitative estimate of drug-likeness (QED) is 0.677. The molecule has 0 radical (unpaired) electrons. The standard InChI is InChI=1S/C14H17NO2/c1-7(2)14-6-8-5-9(14)12(14)13(8)15-10(16)3-4-11(15)17/h3-4,7-9,12-13H,5-6H2,1-2H3. The Morgan fingerprint density at radius 1 is 1.29 bits per heavy atom. The topological polar surface area (TPSA) is 37.4 Å². The van der Waals surface area contributed by atoms with Crippen LogP contribution in [0.5, 0.6) is 0 Å². The van der Waals surface area contributed by atoms with Crippen molar-refractivity contribution in [2.45, 2.75) is 32.7 Å². The molecule has 4 aliphatic carbocycles. The molecule has 3 heteroatoms. The smallest absolute Gasteiger partial charge is 0.253 e. The molecule has 5 unspecified atom stereocenters. The predicted octanol–water partition coefficient (Wildman–Crippen LogP) is 1.59. The van der Waals surface area contributed by atoms with E-state index in [4.69, 9.17) is 0 Å². The molecular weight excluding hydrogens is 214 g/mol. The number of rotatable bonds is 2. The van der Waals surface area contributed by atoms with Crippen molar-refractivity contribution < 1.29 is 9.59 Å². The fourth-order valence-corrected chi connectivity index (χ4v) is 5.33. The van der Waals surface area contributed by atoms with Crippen LogP contribution in [-0.2, 0) is 9.59 Å². The minimum absolute atomic E-state index is 0.0860. The third-order valence-electron chi connectivity index (χ3n) is 5.88. The molecule has 5 atom stereocenters. The highest BCUT2D eigenvalue weighted by molar-refractivity contribution is 6.13. The van der Waals surface area contributed by atoms with Gasteiger partial charge in [-0.1, -0.05) is 13.8 Å². The fraction of sp³-hybridized carbons (Fsp3) is 0.714. The summed E-state index contributed by atoms with van der Waals surface area (Å²) in [6.45, 7) is 4.59. The lowest BCUT2D eigenvalue weighted by Gasteiger charge is -2.25. The molecule has 17 heavy (non-hydrogen) atoms. The summed E-state index contributed by atoms with van der Waals surface area (Å²) in [5, 5.41) is 0. The Bertz CT molecular complexity index is 449. The molecule has 0 N–H and O–H groups in total. The molecule has 0 aromatic rings. The minimum atomic E-state index is -0.0860. The van der Waals surface area contributed by atoms with Gasteiger partial charge in [0, 0.05) is 18.2 Å². The van der Waals surface area contributed by atoms with Crippen molar-refractivity contribution in [2.75, 3.05) is 0 Å². The van der Waals surface area contributed by atoms with Crippen molar-refractivity contribution in [3.8, 4) is 0 Å². The van der Waals surface area contributed by atoms with Crippen molar-refractivity contribution in [2.24, 2.45) is 29.1 Å². The second kappa shape index (κ2) is 2.65. The fourth-order valence-electron chi connectivity index (χ4n) is 5.33. The predicted molar refractivity (Wildman–Crippen MR) is 61.8 cm³/mol. The van der Waals surface area contributed by atoms with Gasteiger partial charge in [-0.25, -0.2) is 0 Å². The van der Waals surface area contributed by atoms with Gasteiger partial charge >= 0.3 is 0 Å². The monoisotopic (exact) mass is 231 g/mol. The molecule has 4 saturated carbocycles. The van der Waals surface area contributed by atoms with Crippen molar-refractivity contribution in [3.63, 3.8) is 0 Å². The van der Waals surface area contributed by atoms with Gasteiger partial charge in [-0.15, -0.1) is 0 Å². The van der Waals surface area contributed by atoms with Crippen LogP contribution in [0.25, 0.3) is 0 Å². The van der Waals surface area contributed by atoms with Crippen LogP contribution in [0, 0.1) is 29.1 Å². The maximum absolute atomic E-state index is 11.8. The van der Waals surface area contributed by atoms with Crippen molar-refractivity contribution in [1.29, 1.82) is 0 Å². The van der Waals surface area contributed by atoms with Gasteiger partial charge in [0.15, 0.2) is 0 Å². The summed E-state index contributed by atoms with van der Waals surface area (Å²) in [6.07, 6.45) is 5.33. The molecule has 90 valence electrons. The van der Waals surface area contributed by atoms with Crippen LogP contribution in [0.2, 0.25) is 0 Å². The lowest BCUT2D eigenvalue weighted by atomic mass is 9.90. The zero-order valence-corrected chi connectivity index (χ0v) is 10.2. The number of hydrogen-bond donors (Lipinski definition) is 0. The van der Waals surface area contributed by atoms with Crippen molar-refractivity contribution >= 4 is 11.8 Å². The maximum atomic E-state index is 11.8. The van der Waals surface area contributed by atoms with Crippen molar-refractivity contribution in [3.05, 3.63) is 12.2 Å². The van der Waals surface area contributed by atoms with Gasteiger partial charge in [-0.2, -0.15) is 0 Å². The van der Waals surface area contributed by atoms with E-state index < -0.39 is 0 Å². The third-order valence-corrected chi connectivity index (χ3v) is 5.88. The van der Waals surface area contributed by atoms with E-state index >= 15 is 0 Å². The van der Waals surface area contributed by atoms with Gasteiger partial charge in [0.1, 0.15) is 0 Å². The van der Waals surface area contributed by atoms with Gasteiger partial charge in [-0.05, 0) is 41.9 Å². The van der Waals surface area contributed by atoms with Gasteiger partial charge in [0.25, 0.3) is 11.8 Å². The Balaban J connectivity index is 1.68. The van der Waals surface area contributed by atoms with Gasteiger partial charge < -0.3 is 0 Å². The molecule has 4 bridgehead atoms. The minimum Gasteiger partial charge on any atom is -0.272 e. The molecule has 0 saturated heterocycles. The van der Waals surface area contributed by atoms with E-state index in [9.17, 15) is 9.59 Å². The highest BCUT2D eigenvalue weighted by Gasteiger charge is 2.80. The Labute approximate surface area is 101 Å². The molecule has 3 nitrogen and oxygen atoms in total. The summed E-state index contributed by atoms with van der Waals surface area (Å²) < 4.78 is 0. The number of nitrogens with zero attached hydrogens (tertiary/aromatic N) is 1. The molecule has 0 spiro atoms. The molecule has 0 aromatic heterocycles. The number of amides is 2. The lowest BCUT2D eigenvalue weighted by molar-refractivity contribution is -0.140. The number of hydrogen-bond acceptors (Lipinski definition) is 2. The molecule has 5 aliphatic rings. The Morgan fingerprint density at radius 3 is 2.41 bits per heavy atom. The van der Waals surface area contributed by atoms with E-state index in [2.05, 4.69) is 13.8 Å². The molecule has 2 amide bonds. The maximum Gasteiger partial charge on any atom is 0.253 e. The molecule has 1 aliphatic heterocycles. The summed E-state index contributed by atoms with van der Waals surface area (Å²) in [7, 11) is 0. The summed E-state index contributed by atoms with van der Waals surface area (Å²) in [6, 6.07) is 0.220. The van der Waals surface area contributed by atoms with E-state index in [0.29, 0.717) is 23.2 Å². The van der Waals surface area contributed by atoms with Crippen LogP contribution in [0.3, 0.4) is 0 Å². The zero-order valence-electron chi connectivity index (χ0n) is 10.2. The number of imide groups is 1. The van der Waals surface area contributed by atoms with Crippen LogP contribution in [-0.4, -0.2) is 22.8 Å². The van der Waals surface area contributed by atoms with Crippen LogP contribution in [0.15, 0.2) is 12.2 Å².